The van der Waals surface area contributed by atoms with Gasteiger partial charge in [0.2, 0.25) is 11.8 Å². The molecule has 8 heteroatoms. The van der Waals surface area contributed by atoms with Gasteiger partial charge < -0.3 is 20.4 Å². The number of hydrogen-bond donors (Lipinski definition) is 4. The summed E-state index contributed by atoms with van der Waals surface area (Å²) in [5.74, 6) is -3.00. The van der Waals surface area contributed by atoms with Crippen LogP contribution in [-0.2, 0) is 14.4 Å². The molecular formula is C29H39NO7. The van der Waals surface area contributed by atoms with Crippen LogP contribution in [0.4, 0.5) is 0 Å². The first-order valence-corrected chi connectivity index (χ1v) is 13.2. The van der Waals surface area contributed by atoms with Gasteiger partial charge in [-0.3, -0.25) is 19.3 Å². The number of imide groups is 1. The molecule has 1 aliphatic heterocycles. The molecule has 1 heterocycles. The quantitative estimate of drug-likeness (QED) is 0.178. The molecule has 1 saturated heterocycles. The van der Waals surface area contributed by atoms with Gasteiger partial charge in [-0.15, -0.1) is 0 Å². The number of unbranched alkanes of at least 4 members (excludes halogenated alkanes) is 2. The van der Waals surface area contributed by atoms with E-state index in [0.29, 0.717) is 44.1 Å². The van der Waals surface area contributed by atoms with Crippen molar-refractivity contribution in [2.24, 2.45) is 17.8 Å². The van der Waals surface area contributed by atoms with Crippen molar-refractivity contribution in [1.29, 1.82) is 0 Å². The normalized spacial score (nSPS) is 23.0. The third-order valence-corrected chi connectivity index (χ3v) is 7.70. The molecule has 1 aliphatic carbocycles. The Balaban J connectivity index is 1.68. The van der Waals surface area contributed by atoms with Gasteiger partial charge in [-0.05, 0) is 68.7 Å². The number of aliphatic hydroxyl groups is 2. The van der Waals surface area contributed by atoms with Gasteiger partial charge in [-0.1, -0.05) is 42.7 Å². The van der Waals surface area contributed by atoms with Gasteiger partial charge >= 0.3 is 5.97 Å². The van der Waals surface area contributed by atoms with Crippen molar-refractivity contribution < 1.29 is 34.8 Å². The SMILES string of the molecule is CC/C(=C\c1ccc(O)cc1)CC[C@@H](O)C1=C(C)C[C@H]2C(=O)N(CCCCCC(=O)O)C(=O)[C@H]2[C@H]1CO. The summed E-state index contributed by atoms with van der Waals surface area (Å²) in [6, 6.07) is 6.92. The van der Waals surface area contributed by atoms with Crippen LogP contribution in [0.25, 0.3) is 6.08 Å². The summed E-state index contributed by atoms with van der Waals surface area (Å²) in [6.45, 7) is 3.85. The Bertz CT molecular complexity index is 1040. The van der Waals surface area contributed by atoms with Gasteiger partial charge in [-0.2, -0.15) is 0 Å². The van der Waals surface area contributed by atoms with Crippen LogP contribution in [0.1, 0.15) is 70.8 Å². The highest BCUT2D eigenvalue weighted by molar-refractivity contribution is 6.05. The molecule has 0 saturated carbocycles. The molecule has 8 nitrogen and oxygen atoms in total. The van der Waals surface area contributed by atoms with Crippen molar-refractivity contribution in [3.05, 3.63) is 46.5 Å². The van der Waals surface area contributed by atoms with Crippen molar-refractivity contribution in [2.45, 2.75) is 71.3 Å². The summed E-state index contributed by atoms with van der Waals surface area (Å²) >= 11 is 0. The molecule has 4 atom stereocenters. The monoisotopic (exact) mass is 513 g/mol. The summed E-state index contributed by atoms with van der Waals surface area (Å²) in [4.78, 5) is 38.3. The number of phenols is 1. The smallest absolute Gasteiger partial charge is 0.303 e. The van der Waals surface area contributed by atoms with E-state index >= 15 is 0 Å². The molecule has 0 aromatic heterocycles. The minimum absolute atomic E-state index is 0.0635. The number of aliphatic hydroxyl groups excluding tert-OH is 2. The number of benzene rings is 1. The topological polar surface area (TPSA) is 135 Å². The zero-order valence-corrected chi connectivity index (χ0v) is 21.7. The Hall–Kier alpha value is -2.97. The number of phenolic OH excluding ortho intramolecular Hbond substituents is 1. The van der Waals surface area contributed by atoms with E-state index in [-0.39, 0.29) is 37.1 Å². The molecule has 2 amide bonds. The van der Waals surface area contributed by atoms with Gasteiger partial charge in [0.15, 0.2) is 0 Å². The third kappa shape index (κ3) is 6.87. The second-order valence-corrected chi connectivity index (χ2v) is 10.2. The fourth-order valence-corrected chi connectivity index (χ4v) is 5.76. The summed E-state index contributed by atoms with van der Waals surface area (Å²) in [5.41, 5.74) is 3.64. The lowest BCUT2D eigenvalue weighted by molar-refractivity contribution is -0.141. The maximum atomic E-state index is 13.3. The van der Waals surface area contributed by atoms with Gasteiger partial charge in [0.1, 0.15) is 5.75 Å². The summed E-state index contributed by atoms with van der Waals surface area (Å²) in [5, 5.41) is 39.8. The number of nitrogens with zero attached hydrogens (tertiary/aromatic N) is 1. The second-order valence-electron chi connectivity index (χ2n) is 10.2. The number of carboxylic acid groups (broad SMARTS) is 1. The maximum absolute atomic E-state index is 13.3. The van der Waals surface area contributed by atoms with Gasteiger partial charge in [0.25, 0.3) is 0 Å². The molecular weight excluding hydrogens is 474 g/mol. The lowest BCUT2D eigenvalue weighted by atomic mass is 9.68. The largest absolute Gasteiger partial charge is 0.508 e. The number of aliphatic carboxylic acids is 1. The van der Waals surface area contributed by atoms with E-state index in [2.05, 4.69) is 0 Å². The molecule has 3 rings (SSSR count). The fraction of sp³-hybridized carbons (Fsp3) is 0.552. The predicted molar refractivity (Wildman–Crippen MR) is 139 cm³/mol. The van der Waals surface area contributed by atoms with Crippen LogP contribution >= 0.6 is 0 Å². The van der Waals surface area contributed by atoms with Crippen LogP contribution < -0.4 is 0 Å². The molecule has 2 aliphatic rings. The Morgan fingerprint density at radius 1 is 1.11 bits per heavy atom. The number of fused-ring (bicyclic) bond motifs is 1. The molecule has 0 bridgehead atoms. The number of carboxylic acids is 1. The number of aromatic hydroxyl groups is 1. The van der Waals surface area contributed by atoms with Crippen molar-refractivity contribution in [1.82, 2.24) is 4.90 Å². The highest BCUT2D eigenvalue weighted by atomic mass is 16.4. The fourth-order valence-electron chi connectivity index (χ4n) is 5.76. The van der Waals surface area contributed by atoms with Gasteiger partial charge in [0, 0.05) is 18.9 Å². The Morgan fingerprint density at radius 3 is 2.43 bits per heavy atom. The Kier molecular flexibility index (Phi) is 10.1. The molecule has 4 N–H and O–H groups in total. The van der Waals surface area contributed by atoms with Crippen LogP contribution in [0.5, 0.6) is 5.75 Å². The predicted octanol–water partition coefficient (Wildman–Crippen LogP) is 3.90. The van der Waals surface area contributed by atoms with E-state index in [1.54, 1.807) is 12.1 Å². The Labute approximate surface area is 218 Å². The number of likely N-dealkylation sites (tertiary alicyclic amines) is 1. The Morgan fingerprint density at radius 2 is 1.81 bits per heavy atom. The first-order valence-electron chi connectivity index (χ1n) is 13.2. The van der Waals surface area contributed by atoms with Crippen LogP contribution in [-0.4, -0.2) is 62.4 Å². The number of amides is 2. The maximum Gasteiger partial charge on any atom is 0.303 e. The molecule has 0 unspecified atom stereocenters. The van der Waals surface area contributed by atoms with Crippen LogP contribution in [0.2, 0.25) is 0 Å². The standard InChI is InChI=1S/C29H39NO7/c1-3-19(16-20-8-11-21(32)12-9-20)10-13-24(33)26-18(2)15-22-27(23(26)17-31)29(37)30(28(22)36)14-6-4-5-7-25(34)35/h8-9,11-12,16,22-24,27,31-33H,3-7,10,13-15,17H2,1-2H3,(H,34,35)/b19-16+/t22-,23+,24-,27-/m1/s1. The van der Waals surface area contributed by atoms with Gasteiger partial charge in [-0.25, -0.2) is 0 Å². The number of carbonyl (C=O) groups is 3. The van der Waals surface area contributed by atoms with Crippen molar-refractivity contribution in [2.75, 3.05) is 13.2 Å². The van der Waals surface area contributed by atoms with E-state index in [1.165, 1.54) is 4.90 Å². The first-order chi connectivity index (χ1) is 17.7. The first kappa shape index (κ1) is 28.6. The average Bonchev–Trinajstić information content (AvgIpc) is 3.10. The van der Waals surface area contributed by atoms with E-state index < -0.39 is 29.8 Å². The molecule has 0 radical (unpaired) electrons. The lowest BCUT2D eigenvalue weighted by Crippen LogP contribution is -2.39. The summed E-state index contributed by atoms with van der Waals surface area (Å²) in [7, 11) is 0. The zero-order chi connectivity index (χ0) is 27.1. The van der Waals surface area contributed by atoms with E-state index in [1.807, 2.05) is 32.1 Å². The molecule has 202 valence electrons. The molecule has 1 aromatic rings. The average molecular weight is 514 g/mol. The van der Waals surface area contributed by atoms with Crippen LogP contribution in [0.3, 0.4) is 0 Å². The number of hydrogen-bond acceptors (Lipinski definition) is 6. The summed E-state index contributed by atoms with van der Waals surface area (Å²) < 4.78 is 0. The number of carbonyl (C=O) groups excluding carboxylic acids is 2. The summed E-state index contributed by atoms with van der Waals surface area (Å²) in [6.07, 6.45) is 5.19. The van der Waals surface area contributed by atoms with Crippen molar-refractivity contribution in [3.63, 3.8) is 0 Å². The molecule has 1 aromatic carbocycles. The van der Waals surface area contributed by atoms with Crippen molar-refractivity contribution in [3.8, 4) is 5.75 Å². The lowest BCUT2D eigenvalue weighted by Gasteiger charge is -2.35. The van der Waals surface area contributed by atoms with E-state index in [4.69, 9.17) is 5.11 Å². The highest BCUT2D eigenvalue weighted by Crippen LogP contribution is 2.46. The van der Waals surface area contributed by atoms with E-state index in [9.17, 15) is 29.7 Å². The van der Waals surface area contributed by atoms with Crippen LogP contribution in [0, 0.1) is 17.8 Å². The highest BCUT2D eigenvalue weighted by Gasteiger charge is 2.54. The number of rotatable bonds is 13. The third-order valence-electron chi connectivity index (χ3n) is 7.70. The van der Waals surface area contributed by atoms with Gasteiger partial charge in [0.05, 0.1) is 24.5 Å². The zero-order valence-electron chi connectivity index (χ0n) is 21.7. The second kappa shape index (κ2) is 13.0. The number of allylic oxidation sites excluding steroid dienone is 2. The minimum Gasteiger partial charge on any atom is -0.508 e. The molecule has 37 heavy (non-hydrogen) atoms. The van der Waals surface area contributed by atoms with E-state index in [0.717, 1.165) is 23.1 Å². The molecule has 1 fully saturated rings. The minimum atomic E-state index is -0.861. The van der Waals surface area contributed by atoms with Crippen LogP contribution in [0.15, 0.2) is 41.0 Å². The van der Waals surface area contributed by atoms with Crippen molar-refractivity contribution >= 4 is 23.9 Å². The molecule has 0 spiro atoms.